The normalized spacial score (nSPS) is 12.5. The summed E-state index contributed by atoms with van der Waals surface area (Å²) in [7, 11) is 2.00. The Labute approximate surface area is 110 Å². The van der Waals surface area contributed by atoms with Crippen molar-refractivity contribution >= 4 is 5.91 Å². The van der Waals surface area contributed by atoms with E-state index >= 15 is 0 Å². The predicted molar refractivity (Wildman–Crippen MR) is 75.3 cm³/mol. The average molecular weight is 248 g/mol. The molecule has 0 aromatic heterocycles. The molecule has 18 heavy (non-hydrogen) atoms. The Balaban J connectivity index is 2.61. The van der Waals surface area contributed by atoms with Gasteiger partial charge in [-0.15, -0.1) is 0 Å². The van der Waals surface area contributed by atoms with Crippen LogP contribution in [0.25, 0.3) is 0 Å². The minimum Gasteiger partial charge on any atom is -0.342 e. The molecule has 1 rings (SSSR count). The third kappa shape index (κ3) is 3.84. The van der Waals surface area contributed by atoms with E-state index in [0.29, 0.717) is 0 Å². The summed E-state index contributed by atoms with van der Waals surface area (Å²) in [4.78, 5) is 16.2. The highest BCUT2D eigenvalue weighted by Crippen LogP contribution is 2.08. The Bertz CT molecular complexity index is 360. The number of benzene rings is 1. The van der Waals surface area contributed by atoms with Crippen LogP contribution in [0, 0.1) is 0 Å². The first-order valence-corrected chi connectivity index (χ1v) is 6.63. The molecule has 0 bridgehead atoms. The highest BCUT2D eigenvalue weighted by atomic mass is 16.2. The number of amides is 1. The van der Waals surface area contributed by atoms with E-state index in [1.54, 1.807) is 0 Å². The van der Waals surface area contributed by atoms with Crippen molar-refractivity contribution in [2.75, 3.05) is 20.1 Å². The van der Waals surface area contributed by atoms with E-state index in [9.17, 15) is 4.79 Å². The van der Waals surface area contributed by atoms with E-state index in [4.69, 9.17) is 0 Å². The van der Waals surface area contributed by atoms with Gasteiger partial charge in [0.15, 0.2) is 0 Å². The summed E-state index contributed by atoms with van der Waals surface area (Å²) in [6.07, 6.45) is 0. The summed E-state index contributed by atoms with van der Waals surface area (Å²) in [6, 6.07) is 10.2. The van der Waals surface area contributed by atoms with Crippen LogP contribution in [0.15, 0.2) is 30.3 Å². The van der Waals surface area contributed by atoms with Crippen LogP contribution in [-0.2, 0) is 11.3 Å². The van der Waals surface area contributed by atoms with Crippen LogP contribution in [0.3, 0.4) is 0 Å². The number of carbonyl (C=O) groups is 1. The molecule has 100 valence electrons. The minimum absolute atomic E-state index is 0.0786. The number of hydrogen-bond acceptors (Lipinski definition) is 2. The lowest BCUT2D eigenvalue weighted by atomic mass is 10.2. The Morgan fingerprint density at radius 2 is 1.72 bits per heavy atom. The lowest BCUT2D eigenvalue weighted by molar-refractivity contribution is -0.135. The molecule has 0 N–H and O–H groups in total. The maximum Gasteiger partial charge on any atom is 0.239 e. The lowest BCUT2D eigenvalue weighted by Gasteiger charge is -2.29. The maximum atomic E-state index is 12.2. The number of carbonyl (C=O) groups excluding carboxylic acids is 1. The molecule has 3 heteroatoms. The largest absolute Gasteiger partial charge is 0.342 e. The van der Waals surface area contributed by atoms with Crippen LogP contribution in [0.1, 0.15) is 26.3 Å². The van der Waals surface area contributed by atoms with E-state index in [-0.39, 0.29) is 11.9 Å². The van der Waals surface area contributed by atoms with Gasteiger partial charge in [0, 0.05) is 19.6 Å². The van der Waals surface area contributed by atoms with E-state index in [1.807, 2.05) is 50.9 Å². The van der Waals surface area contributed by atoms with E-state index < -0.39 is 0 Å². The predicted octanol–water partition coefficient (Wildman–Crippen LogP) is 2.38. The smallest absolute Gasteiger partial charge is 0.239 e. The van der Waals surface area contributed by atoms with E-state index in [2.05, 4.69) is 17.0 Å². The molecule has 0 aliphatic carbocycles. The molecule has 1 atom stereocenters. The molecule has 0 aliphatic rings. The minimum atomic E-state index is -0.0786. The van der Waals surface area contributed by atoms with Crippen LogP contribution in [0.4, 0.5) is 0 Å². The van der Waals surface area contributed by atoms with Gasteiger partial charge < -0.3 is 4.90 Å². The molecule has 1 aromatic carbocycles. The summed E-state index contributed by atoms with van der Waals surface area (Å²) in [6.45, 7) is 8.37. The number of hydrogen-bond donors (Lipinski definition) is 0. The van der Waals surface area contributed by atoms with E-state index in [0.717, 1.165) is 19.6 Å². The Morgan fingerprint density at radius 3 is 2.22 bits per heavy atom. The summed E-state index contributed by atoms with van der Waals surface area (Å²) in [5.41, 5.74) is 1.24. The van der Waals surface area contributed by atoms with Gasteiger partial charge in [-0.25, -0.2) is 0 Å². The molecule has 0 heterocycles. The molecular formula is C15H24N2O. The monoisotopic (exact) mass is 248 g/mol. The molecule has 1 aromatic rings. The van der Waals surface area contributed by atoms with Crippen molar-refractivity contribution in [1.29, 1.82) is 0 Å². The first kappa shape index (κ1) is 14.7. The number of rotatable bonds is 6. The quantitative estimate of drug-likeness (QED) is 0.771. The summed E-state index contributed by atoms with van der Waals surface area (Å²) < 4.78 is 0. The molecule has 0 saturated heterocycles. The van der Waals surface area contributed by atoms with Gasteiger partial charge in [-0.1, -0.05) is 30.3 Å². The standard InChI is InChI=1S/C15H24N2O/c1-5-17(6-2)15(18)13(3)16(4)12-14-10-8-7-9-11-14/h7-11,13H,5-6,12H2,1-4H3/t13-/m0/s1. The fourth-order valence-electron chi connectivity index (χ4n) is 2.00. The summed E-state index contributed by atoms with van der Waals surface area (Å²) in [5.74, 6) is 0.207. The van der Waals surface area contributed by atoms with Crippen molar-refractivity contribution < 1.29 is 4.79 Å². The summed E-state index contributed by atoms with van der Waals surface area (Å²) >= 11 is 0. The second-order valence-electron chi connectivity index (χ2n) is 4.59. The Kier molecular flexibility index (Phi) is 5.86. The van der Waals surface area contributed by atoms with Crippen LogP contribution in [0.2, 0.25) is 0 Å². The fourth-order valence-corrected chi connectivity index (χ4v) is 2.00. The topological polar surface area (TPSA) is 23.6 Å². The molecule has 1 amide bonds. The first-order chi connectivity index (χ1) is 8.60. The zero-order valence-corrected chi connectivity index (χ0v) is 11.9. The van der Waals surface area contributed by atoms with Gasteiger partial charge in [0.25, 0.3) is 0 Å². The highest BCUT2D eigenvalue weighted by Gasteiger charge is 2.21. The molecule has 3 nitrogen and oxygen atoms in total. The third-order valence-corrected chi connectivity index (χ3v) is 3.37. The van der Waals surface area contributed by atoms with Gasteiger partial charge in [-0.3, -0.25) is 9.69 Å². The van der Waals surface area contributed by atoms with Crippen molar-refractivity contribution in [2.24, 2.45) is 0 Å². The Morgan fingerprint density at radius 1 is 1.17 bits per heavy atom. The average Bonchev–Trinajstić information content (AvgIpc) is 2.40. The van der Waals surface area contributed by atoms with Crippen molar-refractivity contribution in [1.82, 2.24) is 9.80 Å². The zero-order chi connectivity index (χ0) is 13.5. The third-order valence-electron chi connectivity index (χ3n) is 3.37. The van der Waals surface area contributed by atoms with Crippen LogP contribution in [-0.4, -0.2) is 41.9 Å². The molecule has 0 radical (unpaired) electrons. The van der Waals surface area contributed by atoms with Crippen molar-refractivity contribution in [3.8, 4) is 0 Å². The van der Waals surface area contributed by atoms with Crippen LogP contribution >= 0.6 is 0 Å². The van der Waals surface area contributed by atoms with Gasteiger partial charge in [0.1, 0.15) is 0 Å². The van der Waals surface area contributed by atoms with Gasteiger partial charge in [0.05, 0.1) is 6.04 Å². The van der Waals surface area contributed by atoms with Gasteiger partial charge in [0.2, 0.25) is 5.91 Å². The fraction of sp³-hybridized carbons (Fsp3) is 0.533. The van der Waals surface area contributed by atoms with Crippen molar-refractivity contribution in [3.63, 3.8) is 0 Å². The van der Waals surface area contributed by atoms with Crippen molar-refractivity contribution in [2.45, 2.75) is 33.4 Å². The molecule has 0 saturated carbocycles. The second kappa shape index (κ2) is 7.17. The maximum absolute atomic E-state index is 12.2. The molecule has 0 aliphatic heterocycles. The zero-order valence-electron chi connectivity index (χ0n) is 11.9. The molecule has 0 spiro atoms. The van der Waals surface area contributed by atoms with Gasteiger partial charge in [-0.05, 0) is 33.4 Å². The van der Waals surface area contributed by atoms with Crippen LogP contribution in [0.5, 0.6) is 0 Å². The van der Waals surface area contributed by atoms with Crippen LogP contribution < -0.4 is 0 Å². The molecular weight excluding hydrogens is 224 g/mol. The van der Waals surface area contributed by atoms with Crippen molar-refractivity contribution in [3.05, 3.63) is 35.9 Å². The molecule has 0 fully saturated rings. The van der Waals surface area contributed by atoms with Gasteiger partial charge >= 0.3 is 0 Å². The molecule has 0 unspecified atom stereocenters. The highest BCUT2D eigenvalue weighted by molar-refractivity contribution is 5.81. The van der Waals surface area contributed by atoms with Gasteiger partial charge in [-0.2, -0.15) is 0 Å². The Hall–Kier alpha value is -1.35. The first-order valence-electron chi connectivity index (χ1n) is 6.63. The SMILES string of the molecule is CCN(CC)C(=O)[C@H](C)N(C)Cc1ccccc1. The number of nitrogens with zero attached hydrogens (tertiary/aromatic N) is 2. The summed E-state index contributed by atoms with van der Waals surface area (Å²) in [5, 5.41) is 0. The lowest BCUT2D eigenvalue weighted by Crippen LogP contribution is -2.45. The number of likely N-dealkylation sites (N-methyl/N-ethyl adjacent to an activating group) is 2. The van der Waals surface area contributed by atoms with E-state index in [1.165, 1.54) is 5.56 Å². The second-order valence-corrected chi connectivity index (χ2v) is 4.59.